The maximum atomic E-state index is 12.5. The summed E-state index contributed by atoms with van der Waals surface area (Å²) in [5.41, 5.74) is 5.22. The molecule has 8 nitrogen and oxygen atoms in total. The lowest BCUT2D eigenvalue weighted by Gasteiger charge is -2.40. The van der Waals surface area contributed by atoms with Crippen molar-refractivity contribution in [1.82, 2.24) is 14.8 Å². The van der Waals surface area contributed by atoms with E-state index >= 15 is 0 Å². The summed E-state index contributed by atoms with van der Waals surface area (Å²) in [7, 11) is 1.94. The Kier molecular flexibility index (Phi) is 7.76. The van der Waals surface area contributed by atoms with Crippen molar-refractivity contribution in [2.75, 3.05) is 18.0 Å². The van der Waals surface area contributed by atoms with Crippen molar-refractivity contribution in [3.05, 3.63) is 102 Å². The van der Waals surface area contributed by atoms with Gasteiger partial charge in [-0.15, -0.1) is 0 Å². The number of aromatic nitrogens is 3. The topological polar surface area (TPSA) is 78.7 Å². The predicted molar refractivity (Wildman–Crippen MR) is 167 cm³/mol. The highest BCUT2D eigenvalue weighted by Gasteiger charge is 2.36. The second-order valence-corrected chi connectivity index (χ2v) is 11.9. The van der Waals surface area contributed by atoms with Crippen LogP contribution in [0.2, 0.25) is 0 Å². The van der Waals surface area contributed by atoms with Crippen LogP contribution < -0.4 is 14.4 Å². The van der Waals surface area contributed by atoms with Crippen molar-refractivity contribution in [3.63, 3.8) is 0 Å². The third-order valence-electron chi connectivity index (χ3n) is 7.36. The van der Waals surface area contributed by atoms with Gasteiger partial charge in [0.15, 0.2) is 0 Å². The predicted octanol–water partition coefficient (Wildman–Crippen LogP) is 6.57. The molecule has 0 bridgehead atoms. The average molecular weight is 577 g/mol. The van der Waals surface area contributed by atoms with Gasteiger partial charge in [0.05, 0.1) is 17.0 Å². The second-order valence-electron chi connectivity index (χ2n) is 11.9. The average Bonchev–Trinajstić information content (AvgIpc) is 3.30. The highest BCUT2D eigenvalue weighted by atomic mass is 16.6. The van der Waals surface area contributed by atoms with Gasteiger partial charge in [0.2, 0.25) is 11.8 Å². The Balaban J connectivity index is 1.26. The number of anilines is 1. The molecule has 1 aliphatic heterocycles. The summed E-state index contributed by atoms with van der Waals surface area (Å²) >= 11 is 0. The lowest BCUT2D eigenvalue weighted by atomic mass is 9.98. The van der Waals surface area contributed by atoms with E-state index in [1.165, 1.54) is 0 Å². The number of carbonyl (C=O) groups excluding carboxylic acids is 1. The molecule has 1 fully saturated rings. The summed E-state index contributed by atoms with van der Waals surface area (Å²) in [4.78, 5) is 19.4. The fraction of sp³-hybridized carbons (Fsp3) is 0.286. The number of rotatable bonds is 9. The zero-order chi connectivity index (χ0) is 30.0. The van der Waals surface area contributed by atoms with Crippen LogP contribution in [0.15, 0.2) is 91.0 Å². The maximum absolute atomic E-state index is 12.5. The van der Waals surface area contributed by atoms with E-state index in [1.54, 1.807) is 0 Å². The number of fused-ring (bicyclic) bond motifs is 1. The van der Waals surface area contributed by atoms with Crippen LogP contribution in [0, 0.1) is 5.92 Å². The van der Waals surface area contributed by atoms with E-state index in [4.69, 9.17) is 24.3 Å². The van der Waals surface area contributed by atoms with Gasteiger partial charge in [-0.2, -0.15) is 10.1 Å². The van der Waals surface area contributed by atoms with Gasteiger partial charge in [0.25, 0.3) is 0 Å². The molecule has 0 atom stereocenters. The zero-order valence-electron chi connectivity index (χ0n) is 25.0. The Morgan fingerprint density at radius 2 is 1.51 bits per heavy atom. The lowest BCUT2D eigenvalue weighted by molar-refractivity contribution is -0.160. The van der Waals surface area contributed by atoms with Gasteiger partial charge < -0.3 is 19.1 Å². The summed E-state index contributed by atoms with van der Waals surface area (Å²) in [5.74, 6) is 0.686. The first kappa shape index (κ1) is 28.3. The molecule has 220 valence electrons. The van der Waals surface area contributed by atoms with E-state index in [1.807, 2.05) is 105 Å². The molecular formula is C35H36N4O4. The molecule has 0 amide bonds. The van der Waals surface area contributed by atoms with Gasteiger partial charge in [0.1, 0.15) is 24.5 Å². The van der Waals surface area contributed by atoms with Crippen molar-refractivity contribution >= 4 is 22.6 Å². The fourth-order valence-electron chi connectivity index (χ4n) is 5.12. The Morgan fingerprint density at radius 3 is 2.16 bits per heavy atom. The molecule has 3 aromatic carbocycles. The van der Waals surface area contributed by atoms with Crippen molar-refractivity contribution in [1.29, 1.82) is 0 Å². The number of hydrogen-bond donors (Lipinski definition) is 0. The number of ether oxygens (including phenoxy) is 3. The first-order valence-electron chi connectivity index (χ1n) is 14.5. The van der Waals surface area contributed by atoms with Crippen LogP contribution in [0.5, 0.6) is 11.8 Å². The van der Waals surface area contributed by atoms with E-state index in [0.717, 1.165) is 39.0 Å². The van der Waals surface area contributed by atoms with Crippen molar-refractivity contribution in [2.45, 2.75) is 39.6 Å². The second kappa shape index (κ2) is 11.8. The van der Waals surface area contributed by atoms with E-state index in [2.05, 4.69) is 23.1 Å². The highest BCUT2D eigenvalue weighted by molar-refractivity contribution is 5.96. The molecule has 0 N–H and O–H groups in total. The van der Waals surface area contributed by atoms with Gasteiger partial charge in [0, 0.05) is 37.3 Å². The summed E-state index contributed by atoms with van der Waals surface area (Å²) in [6.07, 6.45) is 0. The lowest BCUT2D eigenvalue weighted by Crippen LogP contribution is -2.52. The van der Waals surface area contributed by atoms with Gasteiger partial charge in [-0.3, -0.25) is 9.48 Å². The number of nitrogens with zero attached hydrogens (tertiary/aromatic N) is 4. The molecule has 1 saturated heterocycles. The first-order chi connectivity index (χ1) is 20.7. The van der Waals surface area contributed by atoms with Gasteiger partial charge in [-0.25, -0.2) is 0 Å². The summed E-state index contributed by atoms with van der Waals surface area (Å²) in [6, 6.07) is 30.1. The maximum Gasteiger partial charge on any atom is 0.313 e. The molecule has 8 heteroatoms. The van der Waals surface area contributed by atoms with Crippen LogP contribution in [-0.2, 0) is 29.8 Å². The van der Waals surface area contributed by atoms with Crippen LogP contribution in [0.1, 0.15) is 31.9 Å². The van der Waals surface area contributed by atoms with Crippen LogP contribution in [0.25, 0.3) is 22.2 Å². The number of hydrogen-bond acceptors (Lipinski definition) is 7. The van der Waals surface area contributed by atoms with Gasteiger partial charge in [-0.05, 0) is 56.2 Å². The summed E-state index contributed by atoms with van der Waals surface area (Å²) in [6.45, 7) is 7.74. The minimum Gasteiger partial charge on any atom is -0.473 e. The van der Waals surface area contributed by atoms with Gasteiger partial charge in [-0.1, -0.05) is 60.7 Å². The SMILES string of the molecule is Cn1nc(-c2ccc(OCc3ccccc3)nc2OCc2ccccc2)c2ccc(N3CC(C(=O)OC(C)(C)C)C3)cc21. The van der Waals surface area contributed by atoms with Crippen LogP contribution in [0.4, 0.5) is 5.69 Å². The van der Waals surface area contributed by atoms with Gasteiger partial charge >= 0.3 is 5.97 Å². The van der Waals surface area contributed by atoms with Crippen LogP contribution in [-0.4, -0.2) is 39.4 Å². The minimum atomic E-state index is -0.480. The molecule has 5 aromatic rings. The van der Waals surface area contributed by atoms with E-state index in [9.17, 15) is 4.79 Å². The number of aryl methyl sites for hydroxylation is 1. The molecule has 0 unspecified atom stereocenters. The van der Waals surface area contributed by atoms with E-state index in [-0.39, 0.29) is 11.9 Å². The molecule has 0 radical (unpaired) electrons. The molecule has 0 saturated carbocycles. The highest BCUT2D eigenvalue weighted by Crippen LogP contribution is 2.37. The minimum absolute atomic E-state index is 0.116. The third-order valence-corrected chi connectivity index (χ3v) is 7.36. The Labute approximate surface area is 251 Å². The van der Waals surface area contributed by atoms with Crippen molar-refractivity contribution < 1.29 is 19.0 Å². The number of carbonyl (C=O) groups is 1. The first-order valence-corrected chi connectivity index (χ1v) is 14.5. The summed E-state index contributed by atoms with van der Waals surface area (Å²) < 4.78 is 19.8. The van der Waals surface area contributed by atoms with Crippen LogP contribution >= 0.6 is 0 Å². The van der Waals surface area contributed by atoms with E-state index < -0.39 is 5.60 Å². The quantitative estimate of drug-likeness (QED) is 0.184. The Hall–Kier alpha value is -4.85. The normalized spacial score (nSPS) is 13.5. The molecule has 1 aliphatic rings. The Morgan fingerprint density at radius 1 is 0.860 bits per heavy atom. The molecule has 43 heavy (non-hydrogen) atoms. The molecular weight excluding hydrogens is 540 g/mol. The fourth-order valence-corrected chi connectivity index (χ4v) is 5.12. The Bertz CT molecular complexity index is 1720. The van der Waals surface area contributed by atoms with Crippen molar-refractivity contribution in [3.8, 4) is 23.0 Å². The number of pyridine rings is 1. The summed E-state index contributed by atoms with van der Waals surface area (Å²) in [5, 5.41) is 5.88. The van der Waals surface area contributed by atoms with E-state index in [0.29, 0.717) is 38.1 Å². The largest absolute Gasteiger partial charge is 0.473 e. The molecule has 0 spiro atoms. The number of benzene rings is 3. The van der Waals surface area contributed by atoms with Crippen molar-refractivity contribution in [2.24, 2.45) is 13.0 Å². The monoisotopic (exact) mass is 576 g/mol. The third kappa shape index (κ3) is 6.48. The molecule has 2 aromatic heterocycles. The standard InChI is InChI=1S/C35H36N4O4/c1-35(2,3)43-34(40)26-20-39(21-26)27-15-16-28-30(19-27)38(4)37-32(28)29-17-18-31(41-22-24-11-7-5-8-12-24)36-33(29)42-23-25-13-9-6-10-14-25/h5-19,26H,20-23H2,1-4H3. The molecule has 3 heterocycles. The smallest absolute Gasteiger partial charge is 0.313 e. The van der Waals surface area contributed by atoms with Crippen LogP contribution in [0.3, 0.4) is 0 Å². The molecule has 6 rings (SSSR count). The zero-order valence-corrected chi connectivity index (χ0v) is 25.0. The molecule has 0 aliphatic carbocycles. The number of esters is 1.